The number of thioether (sulfide) groups is 1. The van der Waals surface area contributed by atoms with Gasteiger partial charge in [-0.15, -0.1) is 11.3 Å². The van der Waals surface area contributed by atoms with Gasteiger partial charge in [-0.05, 0) is 12.1 Å². The SMILES string of the molecule is N/C(=C\N(N)C1C(O)C(CO)OC(Sc2cc(Cl)c(Cl)c(Cl)c2)C1O)c1nccs1. The van der Waals surface area contributed by atoms with Gasteiger partial charge in [0.05, 0.1) is 27.4 Å². The van der Waals surface area contributed by atoms with Crippen molar-refractivity contribution in [3.63, 3.8) is 0 Å². The molecule has 0 bridgehead atoms. The second-order valence-electron chi connectivity index (χ2n) is 6.38. The number of thiazole rings is 1. The smallest absolute Gasteiger partial charge is 0.140 e. The number of nitrogens with two attached hydrogens (primary N) is 2. The summed E-state index contributed by atoms with van der Waals surface area (Å²) < 4.78 is 5.68. The monoisotopic (exact) mass is 512 g/mol. The van der Waals surface area contributed by atoms with Crippen molar-refractivity contribution < 1.29 is 20.1 Å². The summed E-state index contributed by atoms with van der Waals surface area (Å²) in [5.74, 6) is 6.10. The lowest BCUT2D eigenvalue weighted by Crippen LogP contribution is -2.64. The first kappa shape index (κ1) is 23.9. The van der Waals surface area contributed by atoms with E-state index in [1.54, 1.807) is 23.7 Å². The number of halogens is 3. The van der Waals surface area contributed by atoms with Gasteiger partial charge in [0, 0.05) is 22.7 Å². The van der Waals surface area contributed by atoms with E-state index in [0.717, 1.165) is 16.8 Å². The maximum Gasteiger partial charge on any atom is 0.140 e. The van der Waals surface area contributed by atoms with Crippen LogP contribution in [-0.4, -0.2) is 61.7 Å². The van der Waals surface area contributed by atoms with Gasteiger partial charge in [0.1, 0.15) is 34.8 Å². The van der Waals surface area contributed by atoms with Crippen LogP contribution in [0.25, 0.3) is 5.70 Å². The molecular weight excluding hydrogens is 495 g/mol. The van der Waals surface area contributed by atoms with Crippen molar-refractivity contribution >= 4 is 63.6 Å². The van der Waals surface area contributed by atoms with Crippen LogP contribution < -0.4 is 11.6 Å². The lowest BCUT2D eigenvalue weighted by atomic mass is 9.97. The Balaban J connectivity index is 1.85. The van der Waals surface area contributed by atoms with Crippen LogP contribution in [0.5, 0.6) is 0 Å². The molecule has 164 valence electrons. The van der Waals surface area contributed by atoms with Crippen molar-refractivity contribution in [2.75, 3.05) is 6.61 Å². The highest BCUT2D eigenvalue weighted by molar-refractivity contribution is 7.99. The predicted molar refractivity (Wildman–Crippen MR) is 119 cm³/mol. The number of aliphatic hydroxyl groups excluding tert-OH is 3. The van der Waals surface area contributed by atoms with Crippen LogP contribution in [-0.2, 0) is 4.74 Å². The van der Waals surface area contributed by atoms with E-state index in [0.29, 0.717) is 9.90 Å². The van der Waals surface area contributed by atoms with Gasteiger partial charge in [0.25, 0.3) is 0 Å². The molecular formula is C17H19Cl3N4O4S2. The molecule has 2 aromatic rings. The van der Waals surface area contributed by atoms with Gasteiger partial charge in [0.15, 0.2) is 0 Å². The standard InChI is InChI=1S/C17H19Cl3N4O4S2/c18-8-3-7(4-9(19)12(8)20)30-17-15(27)13(14(26)11(6-25)28-17)24(22)5-10(21)16-23-1-2-29-16/h1-5,11,13-15,17,25-27H,6,21-22H2/b10-5-. The first-order chi connectivity index (χ1) is 14.2. The minimum absolute atomic E-state index is 0.213. The van der Waals surface area contributed by atoms with E-state index in [1.807, 2.05) is 0 Å². The molecule has 8 nitrogen and oxygen atoms in total. The van der Waals surface area contributed by atoms with Crippen molar-refractivity contribution in [2.24, 2.45) is 11.6 Å². The number of hydrogen-bond donors (Lipinski definition) is 5. The van der Waals surface area contributed by atoms with Gasteiger partial charge in [-0.3, -0.25) is 0 Å². The number of ether oxygens (including phenoxy) is 1. The lowest BCUT2D eigenvalue weighted by Gasteiger charge is -2.45. The summed E-state index contributed by atoms with van der Waals surface area (Å²) in [5.41, 5.74) is 5.37. The van der Waals surface area contributed by atoms with Gasteiger partial charge in [0.2, 0.25) is 0 Å². The third-order valence-corrected chi connectivity index (χ3v) is 7.52. The fraction of sp³-hybridized carbons (Fsp3) is 0.353. The van der Waals surface area contributed by atoms with Crippen LogP contribution in [0.2, 0.25) is 15.1 Å². The Kier molecular flexibility index (Phi) is 8.13. The molecule has 0 spiro atoms. The van der Waals surface area contributed by atoms with Gasteiger partial charge >= 0.3 is 0 Å². The normalized spacial score (nSPS) is 27.3. The van der Waals surface area contributed by atoms with Gasteiger partial charge < -0.3 is 30.8 Å². The molecule has 0 saturated carbocycles. The Morgan fingerprint density at radius 3 is 2.50 bits per heavy atom. The molecule has 0 aliphatic carbocycles. The van der Waals surface area contributed by atoms with Crippen LogP contribution >= 0.6 is 57.9 Å². The molecule has 7 N–H and O–H groups in total. The highest BCUT2D eigenvalue weighted by Gasteiger charge is 2.46. The Bertz CT molecular complexity index is 882. The average molecular weight is 514 g/mol. The Morgan fingerprint density at radius 2 is 1.93 bits per heavy atom. The molecule has 1 fully saturated rings. The summed E-state index contributed by atoms with van der Waals surface area (Å²) in [6.07, 6.45) is -0.574. The summed E-state index contributed by atoms with van der Waals surface area (Å²) in [7, 11) is 0. The molecule has 1 aromatic heterocycles. The van der Waals surface area contributed by atoms with Crippen molar-refractivity contribution in [1.29, 1.82) is 0 Å². The third kappa shape index (κ3) is 5.16. The molecule has 5 unspecified atom stereocenters. The van der Waals surface area contributed by atoms with Crippen molar-refractivity contribution in [3.8, 4) is 0 Å². The largest absolute Gasteiger partial charge is 0.395 e. The van der Waals surface area contributed by atoms with E-state index in [9.17, 15) is 15.3 Å². The Morgan fingerprint density at radius 1 is 1.27 bits per heavy atom. The van der Waals surface area contributed by atoms with Gasteiger partial charge in [-0.25, -0.2) is 10.8 Å². The Labute approximate surface area is 196 Å². The zero-order valence-electron chi connectivity index (χ0n) is 15.2. The first-order valence-corrected chi connectivity index (χ1v) is 11.5. The molecule has 1 aliphatic heterocycles. The number of rotatable bonds is 6. The molecule has 1 saturated heterocycles. The van der Waals surface area contributed by atoms with Gasteiger partial charge in [-0.1, -0.05) is 46.6 Å². The second kappa shape index (κ2) is 10.2. The predicted octanol–water partition coefficient (Wildman–Crippen LogP) is 2.14. The second-order valence-corrected chi connectivity index (χ2v) is 9.64. The molecule has 1 aromatic carbocycles. The molecule has 0 radical (unpaired) electrons. The molecule has 1 aliphatic rings. The lowest BCUT2D eigenvalue weighted by molar-refractivity contribution is -0.184. The zero-order chi connectivity index (χ0) is 22.0. The fourth-order valence-corrected chi connectivity index (χ4v) is 5.35. The molecule has 13 heteroatoms. The van der Waals surface area contributed by atoms with E-state index < -0.39 is 36.4 Å². The van der Waals surface area contributed by atoms with Crippen LogP contribution in [0.1, 0.15) is 5.01 Å². The van der Waals surface area contributed by atoms with Crippen molar-refractivity contribution in [2.45, 2.75) is 34.7 Å². The summed E-state index contributed by atoms with van der Waals surface area (Å²) >= 11 is 20.5. The minimum atomic E-state index is -1.29. The topological polar surface area (TPSA) is 138 Å². The van der Waals surface area contributed by atoms with E-state index in [4.69, 9.17) is 51.1 Å². The number of benzene rings is 1. The Hall–Kier alpha value is -0.790. The van der Waals surface area contributed by atoms with Crippen molar-refractivity contribution in [3.05, 3.63) is 50.0 Å². The number of aromatic nitrogens is 1. The number of hydrazine groups is 1. The molecule has 30 heavy (non-hydrogen) atoms. The van der Waals surface area contributed by atoms with Crippen molar-refractivity contribution in [1.82, 2.24) is 9.99 Å². The number of nitrogens with zero attached hydrogens (tertiary/aromatic N) is 2. The molecule has 5 atom stereocenters. The highest BCUT2D eigenvalue weighted by Crippen LogP contribution is 2.39. The maximum absolute atomic E-state index is 10.9. The summed E-state index contributed by atoms with van der Waals surface area (Å²) in [4.78, 5) is 4.67. The fourth-order valence-electron chi connectivity index (χ4n) is 2.92. The van der Waals surface area contributed by atoms with E-state index in [1.165, 1.54) is 17.5 Å². The summed E-state index contributed by atoms with van der Waals surface area (Å²) in [5, 5.41) is 35.2. The third-order valence-electron chi connectivity index (χ3n) is 4.37. The number of hydrogen-bond acceptors (Lipinski definition) is 10. The van der Waals surface area contributed by atoms with Crippen LogP contribution in [0.3, 0.4) is 0 Å². The average Bonchev–Trinajstić information content (AvgIpc) is 3.23. The number of aliphatic hydroxyl groups is 3. The highest BCUT2D eigenvalue weighted by atomic mass is 35.5. The first-order valence-electron chi connectivity index (χ1n) is 8.56. The van der Waals surface area contributed by atoms with Gasteiger partial charge in [-0.2, -0.15) is 0 Å². The van der Waals surface area contributed by atoms with E-state index >= 15 is 0 Å². The van der Waals surface area contributed by atoms with Crippen LogP contribution in [0.4, 0.5) is 0 Å². The van der Waals surface area contributed by atoms with Crippen LogP contribution in [0.15, 0.2) is 34.8 Å². The summed E-state index contributed by atoms with van der Waals surface area (Å²) in [6.45, 7) is -0.483. The quantitative estimate of drug-likeness (QED) is 0.223. The van der Waals surface area contributed by atoms with E-state index in [-0.39, 0.29) is 20.8 Å². The van der Waals surface area contributed by atoms with E-state index in [2.05, 4.69) is 4.98 Å². The van der Waals surface area contributed by atoms with Crippen LogP contribution in [0, 0.1) is 0 Å². The zero-order valence-corrected chi connectivity index (χ0v) is 19.1. The summed E-state index contributed by atoms with van der Waals surface area (Å²) in [6, 6.07) is 2.13. The minimum Gasteiger partial charge on any atom is -0.395 e. The maximum atomic E-state index is 10.9. The molecule has 2 heterocycles. The molecule has 0 amide bonds. The molecule has 3 rings (SSSR count).